The van der Waals surface area contributed by atoms with E-state index in [1.807, 2.05) is 4.90 Å². The summed E-state index contributed by atoms with van der Waals surface area (Å²) in [5.41, 5.74) is 0. The molecule has 2 aliphatic rings. The number of hydrogen-bond acceptors (Lipinski definition) is 6. The maximum atomic E-state index is 12.1. The molecule has 0 aromatic carbocycles. The molecule has 7 heteroatoms. The molecule has 7 nitrogen and oxygen atoms in total. The summed E-state index contributed by atoms with van der Waals surface area (Å²) in [7, 11) is 0. The molecule has 0 N–H and O–H groups in total. The van der Waals surface area contributed by atoms with Gasteiger partial charge in [0.25, 0.3) is 0 Å². The molecule has 3 heterocycles. The van der Waals surface area contributed by atoms with E-state index >= 15 is 0 Å². The van der Waals surface area contributed by atoms with Crippen molar-refractivity contribution in [2.24, 2.45) is 0 Å². The molecule has 24 heavy (non-hydrogen) atoms. The zero-order valence-corrected chi connectivity index (χ0v) is 14.5. The van der Waals surface area contributed by atoms with E-state index in [1.54, 1.807) is 6.33 Å². The predicted octanol–water partition coefficient (Wildman–Crippen LogP) is 1.15. The summed E-state index contributed by atoms with van der Waals surface area (Å²) in [5, 5.41) is 0. The lowest BCUT2D eigenvalue weighted by Crippen LogP contribution is -2.49. The first kappa shape index (κ1) is 17.0. The molecule has 0 saturated carbocycles. The first-order valence-corrected chi connectivity index (χ1v) is 8.95. The Morgan fingerprint density at radius 1 is 1.04 bits per heavy atom. The van der Waals surface area contributed by atoms with Gasteiger partial charge in [0.05, 0.1) is 13.2 Å². The molecular formula is C17H27N5O2. The molecule has 0 unspecified atom stereocenters. The van der Waals surface area contributed by atoms with Crippen molar-refractivity contribution < 1.29 is 9.53 Å². The minimum Gasteiger partial charge on any atom is -0.378 e. The van der Waals surface area contributed by atoms with Crippen LogP contribution in [0.5, 0.6) is 0 Å². The van der Waals surface area contributed by atoms with Gasteiger partial charge < -0.3 is 19.4 Å². The second kappa shape index (κ2) is 8.28. The highest BCUT2D eigenvalue weighted by Gasteiger charge is 2.22. The van der Waals surface area contributed by atoms with Crippen molar-refractivity contribution >= 4 is 17.5 Å². The van der Waals surface area contributed by atoms with Crippen molar-refractivity contribution in [2.75, 3.05) is 62.3 Å². The lowest BCUT2D eigenvalue weighted by atomic mass is 10.2. The number of unbranched alkanes of at least 4 members (excludes halogenated alkanes) is 1. The molecule has 2 saturated heterocycles. The van der Waals surface area contributed by atoms with E-state index in [1.165, 1.54) is 0 Å². The first-order valence-electron chi connectivity index (χ1n) is 8.95. The highest BCUT2D eigenvalue weighted by molar-refractivity contribution is 5.76. The third-order valence-corrected chi connectivity index (χ3v) is 4.67. The Bertz CT molecular complexity index is 540. The number of rotatable bonds is 5. The molecular weight excluding hydrogens is 306 g/mol. The smallest absolute Gasteiger partial charge is 0.222 e. The fourth-order valence-corrected chi connectivity index (χ4v) is 3.15. The van der Waals surface area contributed by atoms with Gasteiger partial charge in [-0.25, -0.2) is 9.97 Å². The maximum absolute atomic E-state index is 12.1. The standard InChI is InChI=1S/C17H27N5O2/c1-2-3-4-17(23)22-7-5-20(6-8-22)15-13-16(19-14-18-15)21-9-11-24-12-10-21/h13-14H,2-12H2,1H3. The Hall–Kier alpha value is -1.89. The summed E-state index contributed by atoms with van der Waals surface area (Å²) in [6.45, 7) is 8.57. The Labute approximate surface area is 143 Å². The molecule has 1 aromatic heterocycles. The summed E-state index contributed by atoms with van der Waals surface area (Å²) < 4.78 is 5.40. The predicted molar refractivity (Wildman–Crippen MR) is 93.4 cm³/mol. The second-order valence-electron chi connectivity index (χ2n) is 6.31. The van der Waals surface area contributed by atoms with E-state index < -0.39 is 0 Å². The molecule has 1 amide bonds. The Kier molecular flexibility index (Phi) is 5.85. The largest absolute Gasteiger partial charge is 0.378 e. The van der Waals surface area contributed by atoms with Gasteiger partial charge in [-0.15, -0.1) is 0 Å². The molecule has 132 valence electrons. The first-order chi connectivity index (χ1) is 11.8. The molecule has 0 atom stereocenters. The molecule has 0 bridgehead atoms. The van der Waals surface area contributed by atoms with Crippen molar-refractivity contribution in [3.05, 3.63) is 12.4 Å². The van der Waals surface area contributed by atoms with E-state index in [9.17, 15) is 4.79 Å². The number of aromatic nitrogens is 2. The highest BCUT2D eigenvalue weighted by Crippen LogP contribution is 2.20. The minimum absolute atomic E-state index is 0.285. The third kappa shape index (κ3) is 4.14. The molecule has 0 spiro atoms. The number of ether oxygens (including phenoxy) is 1. The fourth-order valence-electron chi connectivity index (χ4n) is 3.15. The summed E-state index contributed by atoms with van der Waals surface area (Å²) in [6, 6.07) is 2.06. The summed E-state index contributed by atoms with van der Waals surface area (Å²) >= 11 is 0. The van der Waals surface area contributed by atoms with Crippen LogP contribution < -0.4 is 9.80 Å². The number of amides is 1. The van der Waals surface area contributed by atoms with Crippen molar-refractivity contribution in [1.82, 2.24) is 14.9 Å². The van der Waals surface area contributed by atoms with Crippen LogP contribution in [0.3, 0.4) is 0 Å². The van der Waals surface area contributed by atoms with Gasteiger partial charge in [0.15, 0.2) is 0 Å². The molecule has 0 aliphatic carbocycles. The van der Waals surface area contributed by atoms with Crippen LogP contribution in [0, 0.1) is 0 Å². The van der Waals surface area contributed by atoms with Gasteiger partial charge in [-0.1, -0.05) is 13.3 Å². The number of morpholine rings is 1. The maximum Gasteiger partial charge on any atom is 0.222 e. The summed E-state index contributed by atoms with van der Waals surface area (Å²) in [5.74, 6) is 2.20. The molecule has 3 rings (SSSR count). The lowest BCUT2D eigenvalue weighted by Gasteiger charge is -2.36. The lowest BCUT2D eigenvalue weighted by molar-refractivity contribution is -0.131. The van der Waals surface area contributed by atoms with Crippen LogP contribution in [-0.2, 0) is 9.53 Å². The van der Waals surface area contributed by atoms with Crippen LogP contribution >= 0.6 is 0 Å². The normalized spacial score (nSPS) is 18.8. The quantitative estimate of drug-likeness (QED) is 0.806. The van der Waals surface area contributed by atoms with Crippen molar-refractivity contribution in [1.29, 1.82) is 0 Å². The Balaban J connectivity index is 1.57. The second-order valence-corrected chi connectivity index (χ2v) is 6.31. The average molecular weight is 333 g/mol. The van der Waals surface area contributed by atoms with Crippen LogP contribution in [0.1, 0.15) is 26.2 Å². The number of piperazine rings is 1. The van der Waals surface area contributed by atoms with Crippen LogP contribution in [0.25, 0.3) is 0 Å². The van der Waals surface area contributed by atoms with E-state index in [4.69, 9.17) is 4.74 Å². The molecule has 1 aromatic rings. The topological polar surface area (TPSA) is 61.8 Å². The number of carbonyl (C=O) groups is 1. The molecule has 0 radical (unpaired) electrons. The average Bonchev–Trinajstić information content (AvgIpc) is 2.67. The Morgan fingerprint density at radius 2 is 1.67 bits per heavy atom. The summed E-state index contributed by atoms with van der Waals surface area (Å²) in [6.07, 6.45) is 4.36. The third-order valence-electron chi connectivity index (χ3n) is 4.67. The van der Waals surface area contributed by atoms with E-state index in [0.717, 1.165) is 77.0 Å². The van der Waals surface area contributed by atoms with Gasteiger partial charge in [-0.05, 0) is 6.42 Å². The van der Waals surface area contributed by atoms with Gasteiger partial charge in [-0.3, -0.25) is 4.79 Å². The van der Waals surface area contributed by atoms with Crippen molar-refractivity contribution in [3.63, 3.8) is 0 Å². The van der Waals surface area contributed by atoms with Crippen molar-refractivity contribution in [2.45, 2.75) is 26.2 Å². The number of carbonyl (C=O) groups excluding carboxylic acids is 1. The van der Waals surface area contributed by atoms with E-state index in [2.05, 4.69) is 32.8 Å². The molecule has 2 aliphatic heterocycles. The van der Waals surface area contributed by atoms with Crippen LogP contribution in [-0.4, -0.2) is 73.3 Å². The fraction of sp³-hybridized carbons (Fsp3) is 0.706. The van der Waals surface area contributed by atoms with Gasteiger partial charge in [0, 0.05) is 51.8 Å². The summed E-state index contributed by atoms with van der Waals surface area (Å²) in [4.78, 5) is 27.4. The van der Waals surface area contributed by atoms with Gasteiger partial charge in [-0.2, -0.15) is 0 Å². The monoisotopic (exact) mass is 333 g/mol. The number of hydrogen-bond donors (Lipinski definition) is 0. The Morgan fingerprint density at radius 3 is 2.29 bits per heavy atom. The van der Waals surface area contributed by atoms with E-state index in [-0.39, 0.29) is 5.91 Å². The van der Waals surface area contributed by atoms with Gasteiger partial charge >= 0.3 is 0 Å². The zero-order valence-electron chi connectivity index (χ0n) is 14.5. The van der Waals surface area contributed by atoms with Crippen LogP contribution in [0.4, 0.5) is 11.6 Å². The highest BCUT2D eigenvalue weighted by atomic mass is 16.5. The number of anilines is 2. The van der Waals surface area contributed by atoms with Crippen LogP contribution in [0.15, 0.2) is 12.4 Å². The zero-order chi connectivity index (χ0) is 16.8. The van der Waals surface area contributed by atoms with Crippen LogP contribution in [0.2, 0.25) is 0 Å². The van der Waals surface area contributed by atoms with Crippen molar-refractivity contribution in [3.8, 4) is 0 Å². The van der Waals surface area contributed by atoms with Gasteiger partial charge in [0.1, 0.15) is 18.0 Å². The van der Waals surface area contributed by atoms with E-state index in [0.29, 0.717) is 6.42 Å². The van der Waals surface area contributed by atoms with Gasteiger partial charge in [0.2, 0.25) is 5.91 Å². The number of nitrogens with zero attached hydrogens (tertiary/aromatic N) is 5. The minimum atomic E-state index is 0.285. The molecule has 2 fully saturated rings. The SMILES string of the molecule is CCCCC(=O)N1CCN(c2cc(N3CCOCC3)ncn2)CC1.